The van der Waals surface area contributed by atoms with Crippen LogP contribution in [0.25, 0.3) is 10.9 Å². The summed E-state index contributed by atoms with van der Waals surface area (Å²) in [6.07, 6.45) is -4.63. The normalized spacial score (nSPS) is 12.1. The van der Waals surface area contributed by atoms with Gasteiger partial charge in [0, 0.05) is 11.5 Å². The Morgan fingerprint density at radius 3 is 2.24 bits per heavy atom. The smallest absolute Gasteiger partial charge is 0.243 e. The molecule has 7 heteroatoms. The average Bonchev–Trinajstić information content (AvgIpc) is 2.19. The largest absolute Gasteiger partial charge is 0.433 e. The van der Waals surface area contributed by atoms with Gasteiger partial charge in [0.1, 0.15) is 11.5 Å². The highest BCUT2D eigenvalue weighted by molar-refractivity contribution is 6.36. The van der Waals surface area contributed by atoms with Crippen molar-refractivity contribution in [3.63, 3.8) is 0 Å². The SMILES string of the molecule is Fc1cc2nc(C(F)(F)F)cc(Cl)c2cc1Cl. The van der Waals surface area contributed by atoms with E-state index in [1.54, 1.807) is 0 Å². The Kier molecular flexibility index (Phi) is 2.91. The Morgan fingerprint density at radius 2 is 1.65 bits per heavy atom. The molecule has 0 saturated carbocycles. The fourth-order valence-electron chi connectivity index (χ4n) is 1.33. The van der Waals surface area contributed by atoms with Crippen molar-refractivity contribution in [2.45, 2.75) is 6.18 Å². The second-order valence-electron chi connectivity index (χ2n) is 3.27. The maximum absolute atomic E-state index is 13.1. The Labute approximate surface area is 103 Å². The van der Waals surface area contributed by atoms with Crippen LogP contribution in [0.1, 0.15) is 5.69 Å². The predicted octanol–water partition coefficient (Wildman–Crippen LogP) is 4.70. The second kappa shape index (κ2) is 3.99. The Morgan fingerprint density at radius 1 is 1.00 bits per heavy atom. The van der Waals surface area contributed by atoms with Crippen LogP contribution in [0, 0.1) is 5.82 Å². The van der Waals surface area contributed by atoms with Crippen molar-refractivity contribution in [2.75, 3.05) is 0 Å². The highest BCUT2D eigenvalue weighted by Gasteiger charge is 2.33. The van der Waals surface area contributed by atoms with E-state index in [0.29, 0.717) is 6.07 Å². The van der Waals surface area contributed by atoms with E-state index in [1.165, 1.54) is 0 Å². The molecule has 17 heavy (non-hydrogen) atoms. The highest BCUT2D eigenvalue weighted by Crippen LogP contribution is 2.34. The number of hydrogen-bond donors (Lipinski definition) is 0. The minimum Gasteiger partial charge on any atom is -0.243 e. The van der Waals surface area contributed by atoms with Crippen molar-refractivity contribution in [2.24, 2.45) is 0 Å². The first-order chi connectivity index (χ1) is 7.79. The summed E-state index contributed by atoms with van der Waals surface area (Å²) in [6, 6.07) is 2.64. The monoisotopic (exact) mass is 283 g/mol. The van der Waals surface area contributed by atoms with Crippen LogP contribution in [0.2, 0.25) is 10.0 Å². The van der Waals surface area contributed by atoms with E-state index in [4.69, 9.17) is 23.2 Å². The van der Waals surface area contributed by atoms with E-state index in [-0.39, 0.29) is 20.9 Å². The molecule has 0 aliphatic carbocycles. The molecule has 0 aliphatic rings. The van der Waals surface area contributed by atoms with E-state index < -0.39 is 17.7 Å². The lowest BCUT2D eigenvalue weighted by Gasteiger charge is -2.08. The van der Waals surface area contributed by atoms with Crippen LogP contribution >= 0.6 is 23.2 Å². The maximum Gasteiger partial charge on any atom is 0.433 e. The van der Waals surface area contributed by atoms with Gasteiger partial charge in [-0.2, -0.15) is 13.2 Å². The minimum atomic E-state index is -4.63. The number of alkyl halides is 3. The first-order valence-electron chi connectivity index (χ1n) is 4.31. The molecule has 0 spiro atoms. The molecule has 0 saturated heterocycles. The molecule has 0 bridgehead atoms. The molecule has 1 aromatic carbocycles. The summed E-state index contributed by atoms with van der Waals surface area (Å²) in [5.41, 5.74) is -1.36. The first kappa shape index (κ1) is 12.4. The van der Waals surface area contributed by atoms with Gasteiger partial charge in [0.15, 0.2) is 0 Å². The molecule has 1 nitrogen and oxygen atoms in total. The molecule has 1 aromatic heterocycles. The summed E-state index contributed by atoms with van der Waals surface area (Å²) in [5, 5.41) is -0.226. The van der Waals surface area contributed by atoms with Crippen LogP contribution in [-0.2, 0) is 6.18 Å². The molecule has 1 heterocycles. The van der Waals surface area contributed by atoms with E-state index in [2.05, 4.69) is 4.98 Å². The van der Waals surface area contributed by atoms with Crippen LogP contribution in [-0.4, -0.2) is 4.98 Å². The number of halogens is 6. The zero-order chi connectivity index (χ0) is 12.8. The second-order valence-corrected chi connectivity index (χ2v) is 4.08. The van der Waals surface area contributed by atoms with E-state index in [1.807, 2.05) is 0 Å². The third-order valence-corrected chi connectivity index (χ3v) is 2.69. The molecule has 90 valence electrons. The topological polar surface area (TPSA) is 12.9 Å². The molecule has 0 N–H and O–H groups in total. The van der Waals surface area contributed by atoms with Crippen LogP contribution in [0.15, 0.2) is 18.2 Å². The van der Waals surface area contributed by atoms with Gasteiger partial charge in [-0.3, -0.25) is 0 Å². The van der Waals surface area contributed by atoms with Crippen molar-refractivity contribution < 1.29 is 17.6 Å². The van der Waals surface area contributed by atoms with Gasteiger partial charge in [-0.15, -0.1) is 0 Å². The summed E-state index contributed by atoms with van der Waals surface area (Å²) < 4.78 is 50.4. The molecule has 0 unspecified atom stereocenters. The van der Waals surface area contributed by atoms with E-state index in [9.17, 15) is 17.6 Å². The molecule has 0 aliphatic heterocycles. The Bertz CT molecular complexity index is 595. The molecular weight excluding hydrogens is 281 g/mol. The van der Waals surface area contributed by atoms with Crippen molar-refractivity contribution >= 4 is 34.1 Å². The summed E-state index contributed by atoms with van der Waals surface area (Å²) >= 11 is 11.2. The van der Waals surface area contributed by atoms with Crippen molar-refractivity contribution in [3.05, 3.63) is 39.8 Å². The van der Waals surface area contributed by atoms with Gasteiger partial charge in [0.05, 0.1) is 15.6 Å². The standard InChI is InChI=1S/C10H3Cl2F4N/c11-5-2-9(10(14,15)16)17-8-3-7(13)6(12)1-4(5)8/h1-3H. The summed E-state index contributed by atoms with van der Waals surface area (Å²) in [6.45, 7) is 0. The van der Waals surface area contributed by atoms with Crippen molar-refractivity contribution in [1.82, 2.24) is 4.98 Å². The van der Waals surface area contributed by atoms with Crippen molar-refractivity contribution in [3.8, 4) is 0 Å². The molecule has 0 amide bonds. The number of rotatable bonds is 0. The number of nitrogens with zero attached hydrogens (tertiary/aromatic N) is 1. The molecule has 0 fully saturated rings. The quantitative estimate of drug-likeness (QED) is 0.639. The molecule has 2 rings (SSSR count). The first-order valence-corrected chi connectivity index (χ1v) is 5.07. The Balaban J connectivity index is 2.78. The lowest BCUT2D eigenvalue weighted by atomic mass is 10.2. The number of benzene rings is 1. The van der Waals surface area contributed by atoms with E-state index >= 15 is 0 Å². The molecule has 0 atom stereocenters. The lowest BCUT2D eigenvalue weighted by molar-refractivity contribution is -0.140. The molecule has 2 aromatic rings. The van der Waals surface area contributed by atoms with Gasteiger partial charge < -0.3 is 0 Å². The van der Waals surface area contributed by atoms with Crippen LogP contribution in [0.4, 0.5) is 17.6 Å². The Hall–Kier alpha value is -1.07. The summed E-state index contributed by atoms with van der Waals surface area (Å²) in [4.78, 5) is 3.30. The van der Waals surface area contributed by atoms with Crippen molar-refractivity contribution in [1.29, 1.82) is 0 Å². The number of pyridine rings is 1. The van der Waals surface area contributed by atoms with Crippen LogP contribution in [0.5, 0.6) is 0 Å². The summed E-state index contributed by atoms with van der Waals surface area (Å²) in [7, 11) is 0. The molecule has 0 radical (unpaired) electrons. The zero-order valence-electron chi connectivity index (χ0n) is 7.95. The zero-order valence-corrected chi connectivity index (χ0v) is 9.46. The fraction of sp³-hybridized carbons (Fsp3) is 0.100. The van der Waals surface area contributed by atoms with Gasteiger partial charge in [0.25, 0.3) is 0 Å². The highest BCUT2D eigenvalue weighted by atomic mass is 35.5. The predicted molar refractivity (Wildman–Crippen MR) is 56.7 cm³/mol. The number of fused-ring (bicyclic) bond motifs is 1. The van der Waals surface area contributed by atoms with Crippen LogP contribution in [0.3, 0.4) is 0 Å². The lowest BCUT2D eigenvalue weighted by Crippen LogP contribution is -2.08. The van der Waals surface area contributed by atoms with Gasteiger partial charge >= 0.3 is 6.18 Å². The molecular formula is C10H3Cl2F4N. The van der Waals surface area contributed by atoms with Gasteiger partial charge in [-0.05, 0) is 12.1 Å². The van der Waals surface area contributed by atoms with Gasteiger partial charge in [0.2, 0.25) is 0 Å². The average molecular weight is 284 g/mol. The third-order valence-electron chi connectivity index (χ3n) is 2.09. The number of hydrogen-bond acceptors (Lipinski definition) is 1. The summed E-state index contributed by atoms with van der Waals surface area (Å²) in [5.74, 6) is -0.845. The maximum atomic E-state index is 13.1. The van der Waals surface area contributed by atoms with Crippen LogP contribution < -0.4 is 0 Å². The minimum absolute atomic E-state index is 0.172. The van der Waals surface area contributed by atoms with Gasteiger partial charge in [-0.25, -0.2) is 9.37 Å². The fourth-order valence-corrected chi connectivity index (χ4v) is 1.74. The number of aromatic nitrogens is 1. The van der Waals surface area contributed by atoms with Gasteiger partial charge in [-0.1, -0.05) is 23.2 Å². The van der Waals surface area contributed by atoms with E-state index in [0.717, 1.165) is 12.1 Å². The third kappa shape index (κ3) is 2.30.